The van der Waals surface area contributed by atoms with Gasteiger partial charge in [0, 0.05) is 24.2 Å². The zero-order valence-corrected chi connectivity index (χ0v) is 12.3. The van der Waals surface area contributed by atoms with Gasteiger partial charge in [-0.25, -0.2) is 4.39 Å². The van der Waals surface area contributed by atoms with Crippen molar-refractivity contribution in [2.24, 2.45) is 0 Å². The number of halogens is 1. The summed E-state index contributed by atoms with van der Waals surface area (Å²) in [5.41, 5.74) is 1.67. The van der Waals surface area contributed by atoms with Gasteiger partial charge in [0.25, 0.3) is 0 Å². The summed E-state index contributed by atoms with van der Waals surface area (Å²) < 4.78 is 13.3. The monoisotopic (exact) mass is 303 g/mol. The SMILES string of the molecule is CN(CCO)Cc1ccc(C(=O)c2ccc(O)c(F)c2)cc1. The van der Waals surface area contributed by atoms with Crippen molar-refractivity contribution in [3.05, 3.63) is 65.0 Å². The minimum absolute atomic E-state index is 0.0967. The number of aliphatic hydroxyl groups is 1. The van der Waals surface area contributed by atoms with Gasteiger partial charge in [0.15, 0.2) is 17.3 Å². The quantitative estimate of drug-likeness (QED) is 0.803. The van der Waals surface area contributed by atoms with Crippen molar-refractivity contribution in [3.63, 3.8) is 0 Å². The second-order valence-electron chi connectivity index (χ2n) is 5.15. The van der Waals surface area contributed by atoms with Gasteiger partial charge in [0.1, 0.15) is 0 Å². The van der Waals surface area contributed by atoms with E-state index in [2.05, 4.69) is 0 Å². The maximum Gasteiger partial charge on any atom is 0.193 e. The average Bonchev–Trinajstić information content (AvgIpc) is 2.50. The molecule has 0 amide bonds. The molecule has 0 aromatic heterocycles. The number of aromatic hydroxyl groups is 1. The van der Waals surface area contributed by atoms with E-state index in [-0.39, 0.29) is 18.0 Å². The Kier molecular flexibility index (Phi) is 5.25. The summed E-state index contributed by atoms with van der Waals surface area (Å²) in [4.78, 5) is 14.2. The predicted molar refractivity (Wildman–Crippen MR) is 81.4 cm³/mol. The maximum absolute atomic E-state index is 13.3. The van der Waals surface area contributed by atoms with Crippen LogP contribution < -0.4 is 0 Å². The topological polar surface area (TPSA) is 60.8 Å². The number of benzene rings is 2. The number of phenols is 1. The number of rotatable bonds is 6. The minimum atomic E-state index is -0.812. The van der Waals surface area contributed by atoms with Crippen LogP contribution in [0.4, 0.5) is 4.39 Å². The molecule has 0 bridgehead atoms. The Morgan fingerprint density at radius 3 is 2.36 bits per heavy atom. The Morgan fingerprint density at radius 2 is 1.77 bits per heavy atom. The Morgan fingerprint density at radius 1 is 1.14 bits per heavy atom. The van der Waals surface area contributed by atoms with E-state index in [1.165, 1.54) is 12.1 Å². The van der Waals surface area contributed by atoms with Gasteiger partial charge in [-0.15, -0.1) is 0 Å². The highest BCUT2D eigenvalue weighted by atomic mass is 19.1. The molecule has 0 heterocycles. The van der Waals surface area contributed by atoms with E-state index in [4.69, 9.17) is 10.2 Å². The fourth-order valence-electron chi connectivity index (χ4n) is 2.14. The van der Waals surface area contributed by atoms with Crippen LogP contribution in [-0.2, 0) is 6.54 Å². The van der Waals surface area contributed by atoms with E-state index in [1.807, 2.05) is 24.1 Å². The van der Waals surface area contributed by atoms with Crippen molar-refractivity contribution in [2.75, 3.05) is 20.2 Å². The lowest BCUT2D eigenvalue weighted by Gasteiger charge is -2.15. The molecule has 2 aromatic carbocycles. The van der Waals surface area contributed by atoms with Crippen LogP contribution in [0.25, 0.3) is 0 Å². The van der Waals surface area contributed by atoms with E-state index >= 15 is 0 Å². The average molecular weight is 303 g/mol. The molecule has 2 N–H and O–H groups in total. The highest BCUT2D eigenvalue weighted by Gasteiger charge is 2.12. The zero-order chi connectivity index (χ0) is 16.1. The second-order valence-corrected chi connectivity index (χ2v) is 5.15. The molecule has 116 valence electrons. The zero-order valence-electron chi connectivity index (χ0n) is 12.3. The van der Waals surface area contributed by atoms with Gasteiger partial charge in [0.2, 0.25) is 0 Å². The van der Waals surface area contributed by atoms with Crippen LogP contribution in [0.2, 0.25) is 0 Å². The lowest BCUT2D eigenvalue weighted by Crippen LogP contribution is -2.21. The van der Waals surface area contributed by atoms with Crippen molar-refractivity contribution >= 4 is 5.78 Å². The van der Waals surface area contributed by atoms with Crippen LogP contribution in [0.15, 0.2) is 42.5 Å². The number of hydrogen-bond acceptors (Lipinski definition) is 4. The molecular formula is C17H18FNO3. The summed E-state index contributed by atoms with van der Waals surface area (Å²) >= 11 is 0. The number of ketones is 1. The second kappa shape index (κ2) is 7.15. The molecule has 0 aliphatic heterocycles. The summed E-state index contributed by atoms with van der Waals surface area (Å²) in [5.74, 6) is -1.58. The third kappa shape index (κ3) is 3.90. The number of likely N-dealkylation sites (N-methyl/N-ethyl adjacent to an activating group) is 1. The Hall–Kier alpha value is -2.24. The molecule has 0 saturated heterocycles. The molecule has 2 aromatic rings. The largest absolute Gasteiger partial charge is 0.505 e. The van der Waals surface area contributed by atoms with E-state index in [1.54, 1.807) is 12.1 Å². The molecule has 0 saturated carbocycles. The van der Waals surface area contributed by atoms with Gasteiger partial charge in [-0.2, -0.15) is 0 Å². The Balaban J connectivity index is 2.12. The van der Waals surface area contributed by atoms with Gasteiger partial charge in [-0.1, -0.05) is 24.3 Å². The summed E-state index contributed by atoms with van der Waals surface area (Å²) in [6.45, 7) is 1.34. The minimum Gasteiger partial charge on any atom is -0.505 e. The standard InChI is InChI=1S/C17H18FNO3/c1-19(8-9-20)11-12-2-4-13(5-3-12)17(22)14-6-7-16(21)15(18)10-14/h2-7,10,20-21H,8-9,11H2,1H3. The number of hydrogen-bond donors (Lipinski definition) is 2. The fourth-order valence-corrected chi connectivity index (χ4v) is 2.14. The van der Waals surface area contributed by atoms with Gasteiger partial charge < -0.3 is 10.2 Å². The van der Waals surface area contributed by atoms with E-state index in [0.717, 1.165) is 11.6 Å². The predicted octanol–water partition coefficient (Wildman–Crippen LogP) is 2.19. The normalized spacial score (nSPS) is 10.9. The van der Waals surface area contributed by atoms with E-state index < -0.39 is 11.6 Å². The maximum atomic E-state index is 13.3. The molecule has 2 rings (SSSR count). The Labute approximate surface area is 128 Å². The van der Waals surface area contributed by atoms with Crippen LogP contribution in [0, 0.1) is 5.82 Å². The van der Waals surface area contributed by atoms with Crippen molar-refractivity contribution in [3.8, 4) is 5.75 Å². The molecule has 0 aliphatic carbocycles. The van der Waals surface area contributed by atoms with Crippen molar-refractivity contribution < 1.29 is 19.4 Å². The first-order chi connectivity index (χ1) is 10.5. The summed E-state index contributed by atoms with van der Waals surface area (Å²) in [7, 11) is 1.90. The van der Waals surface area contributed by atoms with Crippen LogP contribution in [0.1, 0.15) is 21.5 Å². The molecule has 0 spiro atoms. The smallest absolute Gasteiger partial charge is 0.193 e. The third-order valence-electron chi connectivity index (χ3n) is 3.36. The van der Waals surface area contributed by atoms with Gasteiger partial charge in [0.05, 0.1) is 6.61 Å². The molecular weight excluding hydrogens is 285 g/mol. The van der Waals surface area contributed by atoms with E-state index in [0.29, 0.717) is 18.7 Å². The lowest BCUT2D eigenvalue weighted by molar-refractivity contribution is 0.103. The number of aliphatic hydroxyl groups excluding tert-OH is 1. The number of nitrogens with zero attached hydrogens (tertiary/aromatic N) is 1. The molecule has 0 radical (unpaired) electrons. The molecule has 0 aliphatic rings. The van der Waals surface area contributed by atoms with E-state index in [9.17, 15) is 9.18 Å². The number of carbonyl (C=O) groups excluding carboxylic acids is 1. The molecule has 5 heteroatoms. The van der Waals surface area contributed by atoms with Gasteiger partial charge >= 0.3 is 0 Å². The number of carbonyl (C=O) groups is 1. The van der Waals surface area contributed by atoms with Crippen LogP contribution in [0.3, 0.4) is 0 Å². The van der Waals surface area contributed by atoms with Crippen molar-refractivity contribution in [1.29, 1.82) is 0 Å². The van der Waals surface area contributed by atoms with Crippen molar-refractivity contribution in [2.45, 2.75) is 6.54 Å². The third-order valence-corrected chi connectivity index (χ3v) is 3.36. The first kappa shape index (κ1) is 16.1. The van der Waals surface area contributed by atoms with Gasteiger partial charge in [-0.05, 0) is 30.8 Å². The molecule has 0 fully saturated rings. The van der Waals surface area contributed by atoms with Gasteiger partial charge in [-0.3, -0.25) is 9.69 Å². The summed E-state index contributed by atoms with van der Waals surface area (Å²) in [6, 6.07) is 10.6. The lowest BCUT2D eigenvalue weighted by atomic mass is 10.0. The number of phenolic OH excluding ortho intramolecular Hbond substituents is 1. The molecule has 0 unspecified atom stereocenters. The Bertz CT molecular complexity index is 655. The first-order valence-corrected chi connectivity index (χ1v) is 6.93. The summed E-state index contributed by atoms with van der Waals surface area (Å²) in [5, 5.41) is 18.0. The fraction of sp³-hybridized carbons (Fsp3) is 0.235. The van der Waals surface area contributed by atoms with Crippen LogP contribution in [0.5, 0.6) is 5.75 Å². The van der Waals surface area contributed by atoms with Crippen LogP contribution >= 0.6 is 0 Å². The van der Waals surface area contributed by atoms with Crippen molar-refractivity contribution in [1.82, 2.24) is 4.90 Å². The highest BCUT2D eigenvalue weighted by molar-refractivity contribution is 6.09. The summed E-state index contributed by atoms with van der Waals surface area (Å²) in [6.07, 6.45) is 0. The molecule has 0 atom stereocenters. The first-order valence-electron chi connectivity index (χ1n) is 6.93. The molecule has 22 heavy (non-hydrogen) atoms. The van der Waals surface area contributed by atoms with Crippen LogP contribution in [-0.4, -0.2) is 41.1 Å². The molecule has 4 nitrogen and oxygen atoms in total. The highest BCUT2D eigenvalue weighted by Crippen LogP contribution is 2.19.